The first-order valence-electron chi connectivity index (χ1n) is 13.3. The van der Waals surface area contributed by atoms with Crippen LogP contribution in [0.25, 0.3) is 10.2 Å². The Labute approximate surface area is 247 Å². The van der Waals surface area contributed by atoms with Crippen LogP contribution in [-0.2, 0) is 17.1 Å². The molecule has 3 heterocycles. The van der Waals surface area contributed by atoms with Gasteiger partial charge in [0.15, 0.2) is 15.8 Å². The molecule has 2 aromatic carbocycles. The third-order valence-corrected chi connectivity index (χ3v) is 9.96. The molecule has 0 saturated heterocycles. The quantitative estimate of drug-likeness (QED) is 0.309. The second kappa shape index (κ2) is 11.8. The number of carbonyl (C=O) groups is 2. The Hall–Kier alpha value is -3.85. The number of sulfonamides is 1. The number of likely N-dealkylation sites (N-methyl/N-ethyl adjacent to an activating group) is 1. The monoisotopic (exact) mass is 612 g/mol. The molecular weight excluding hydrogens is 580 g/mol. The molecule has 2 N–H and O–H groups in total. The van der Waals surface area contributed by atoms with Gasteiger partial charge in [0.2, 0.25) is 0 Å². The van der Waals surface area contributed by atoms with Crippen molar-refractivity contribution < 1.29 is 27.9 Å². The van der Waals surface area contributed by atoms with Crippen LogP contribution in [0.15, 0.2) is 60.0 Å². The number of imidazole rings is 1. The zero-order valence-corrected chi connectivity index (χ0v) is 25.2. The van der Waals surface area contributed by atoms with Crippen LogP contribution in [-0.4, -0.2) is 88.0 Å². The van der Waals surface area contributed by atoms with Crippen LogP contribution >= 0.6 is 11.3 Å². The van der Waals surface area contributed by atoms with E-state index in [0.29, 0.717) is 5.52 Å². The Morgan fingerprint density at radius 3 is 2.71 bits per heavy atom. The van der Waals surface area contributed by atoms with Gasteiger partial charge in [-0.3, -0.25) is 9.59 Å². The number of para-hydroxylation sites is 2. The van der Waals surface area contributed by atoms with Crippen molar-refractivity contribution in [3.8, 4) is 5.75 Å². The van der Waals surface area contributed by atoms with Crippen molar-refractivity contribution in [2.75, 3.05) is 32.1 Å². The average molecular weight is 613 g/mol. The molecule has 222 valence electrons. The average Bonchev–Trinajstić information content (AvgIpc) is 3.61. The number of aliphatic hydroxyl groups is 1. The third kappa shape index (κ3) is 5.75. The largest absolute Gasteiger partial charge is 0.486 e. The lowest BCUT2D eigenvalue weighted by atomic mass is 9.99. The summed E-state index contributed by atoms with van der Waals surface area (Å²) < 4.78 is 36.6. The van der Waals surface area contributed by atoms with E-state index in [1.807, 2.05) is 31.2 Å². The summed E-state index contributed by atoms with van der Waals surface area (Å²) >= 11 is 1.24. The fourth-order valence-electron chi connectivity index (χ4n) is 4.74. The molecule has 0 fully saturated rings. The number of aryl methyl sites for hydroxylation is 1. The Kier molecular flexibility index (Phi) is 8.32. The van der Waals surface area contributed by atoms with Crippen LogP contribution in [0.5, 0.6) is 5.75 Å². The zero-order chi connectivity index (χ0) is 30.2. The van der Waals surface area contributed by atoms with Crippen LogP contribution in [0.4, 0.5) is 5.69 Å². The molecule has 0 bridgehead atoms. The Bertz CT molecular complexity index is 1700. The molecule has 2 aromatic heterocycles. The molecular formula is C28H32N6O6S2. The fourth-order valence-corrected chi connectivity index (χ4v) is 6.74. The first-order chi connectivity index (χ1) is 20.0. The molecule has 3 atom stereocenters. The Morgan fingerprint density at radius 2 is 2.02 bits per heavy atom. The van der Waals surface area contributed by atoms with Crippen molar-refractivity contribution in [3.63, 3.8) is 0 Å². The van der Waals surface area contributed by atoms with Gasteiger partial charge in [0.25, 0.3) is 21.8 Å². The van der Waals surface area contributed by atoms with Crippen LogP contribution in [0, 0.1) is 5.92 Å². The molecule has 2 amide bonds. The van der Waals surface area contributed by atoms with Crippen molar-refractivity contribution in [1.82, 2.24) is 23.7 Å². The van der Waals surface area contributed by atoms with Crippen LogP contribution in [0.2, 0.25) is 0 Å². The summed E-state index contributed by atoms with van der Waals surface area (Å²) in [5, 5.41) is 12.9. The number of rotatable bonds is 8. The second-order valence-corrected chi connectivity index (χ2v) is 13.4. The van der Waals surface area contributed by atoms with Gasteiger partial charge in [0.05, 0.1) is 47.0 Å². The van der Waals surface area contributed by atoms with E-state index in [1.165, 1.54) is 35.2 Å². The SMILES string of the molecule is C[C@@H]1CN([C@H](C)CO)C(=O)c2cccc(NC(=O)c3nc4ccccc4s3)c2O[C@@H]1CN(C)S(=O)(=O)c1cn(C)cn1. The van der Waals surface area contributed by atoms with Crippen LogP contribution in [0.1, 0.15) is 34.0 Å². The van der Waals surface area contributed by atoms with Gasteiger partial charge in [-0.2, -0.15) is 4.31 Å². The summed E-state index contributed by atoms with van der Waals surface area (Å²) in [7, 11) is -0.813. The highest BCUT2D eigenvalue weighted by atomic mass is 32.2. The van der Waals surface area contributed by atoms with Gasteiger partial charge in [0.1, 0.15) is 6.10 Å². The predicted molar refractivity (Wildman–Crippen MR) is 158 cm³/mol. The van der Waals surface area contributed by atoms with Crippen molar-refractivity contribution in [2.24, 2.45) is 13.0 Å². The van der Waals surface area contributed by atoms with E-state index >= 15 is 0 Å². The number of hydrogen-bond acceptors (Lipinski definition) is 9. The van der Waals surface area contributed by atoms with Gasteiger partial charge in [-0.05, 0) is 31.2 Å². The highest BCUT2D eigenvalue weighted by Crippen LogP contribution is 2.36. The van der Waals surface area contributed by atoms with E-state index in [9.17, 15) is 23.1 Å². The zero-order valence-electron chi connectivity index (χ0n) is 23.6. The molecule has 14 heteroatoms. The normalized spacial score (nSPS) is 18.3. The summed E-state index contributed by atoms with van der Waals surface area (Å²) in [6.07, 6.45) is 2.10. The van der Waals surface area contributed by atoms with Crippen LogP contribution in [0.3, 0.4) is 0 Å². The van der Waals surface area contributed by atoms with E-state index < -0.39 is 28.1 Å². The van der Waals surface area contributed by atoms with E-state index in [-0.39, 0.29) is 58.6 Å². The summed E-state index contributed by atoms with van der Waals surface area (Å²) in [6, 6.07) is 11.7. The number of benzene rings is 2. The maximum Gasteiger partial charge on any atom is 0.284 e. The number of ether oxygens (including phenoxy) is 1. The minimum Gasteiger partial charge on any atom is -0.486 e. The molecule has 5 rings (SSSR count). The Morgan fingerprint density at radius 1 is 1.26 bits per heavy atom. The molecule has 12 nitrogen and oxygen atoms in total. The molecule has 4 aromatic rings. The van der Waals surface area contributed by atoms with E-state index in [0.717, 1.165) is 4.70 Å². The molecule has 1 aliphatic rings. The third-order valence-electron chi connectivity index (χ3n) is 7.22. The number of fused-ring (bicyclic) bond motifs is 2. The molecule has 42 heavy (non-hydrogen) atoms. The number of nitrogens with zero attached hydrogens (tertiary/aromatic N) is 5. The number of thiazole rings is 1. The summed E-state index contributed by atoms with van der Waals surface area (Å²) in [6.45, 7) is 3.47. The van der Waals surface area contributed by atoms with Crippen molar-refractivity contribution >= 4 is 49.1 Å². The number of anilines is 1. The fraction of sp³-hybridized carbons (Fsp3) is 0.357. The second-order valence-electron chi connectivity index (χ2n) is 10.4. The van der Waals surface area contributed by atoms with Gasteiger partial charge >= 0.3 is 0 Å². The lowest BCUT2D eigenvalue weighted by Crippen LogP contribution is -2.50. The molecule has 0 radical (unpaired) electrons. The van der Waals surface area contributed by atoms with E-state index in [4.69, 9.17) is 4.74 Å². The molecule has 0 unspecified atom stereocenters. The number of carbonyl (C=O) groups excluding carboxylic acids is 2. The molecule has 1 aliphatic heterocycles. The lowest BCUT2D eigenvalue weighted by molar-refractivity contribution is 0.0388. The highest BCUT2D eigenvalue weighted by molar-refractivity contribution is 7.89. The van der Waals surface area contributed by atoms with Gasteiger partial charge in [-0.1, -0.05) is 25.1 Å². The molecule has 0 spiro atoms. The number of aromatic nitrogens is 3. The van der Waals surface area contributed by atoms with Gasteiger partial charge in [0, 0.05) is 32.8 Å². The van der Waals surface area contributed by atoms with Gasteiger partial charge < -0.3 is 24.6 Å². The topological polar surface area (TPSA) is 147 Å². The van der Waals surface area contributed by atoms with Crippen LogP contribution < -0.4 is 10.1 Å². The summed E-state index contributed by atoms with van der Waals surface area (Å²) in [4.78, 5) is 37.0. The van der Waals surface area contributed by atoms with E-state index in [2.05, 4.69) is 15.3 Å². The maximum atomic E-state index is 13.7. The minimum atomic E-state index is -3.94. The van der Waals surface area contributed by atoms with Crippen molar-refractivity contribution in [1.29, 1.82) is 0 Å². The number of amides is 2. The smallest absolute Gasteiger partial charge is 0.284 e. The number of hydrogen-bond donors (Lipinski definition) is 2. The first kappa shape index (κ1) is 29.6. The highest BCUT2D eigenvalue weighted by Gasteiger charge is 2.36. The minimum absolute atomic E-state index is 0.0603. The Balaban J connectivity index is 1.51. The maximum absolute atomic E-state index is 13.7. The van der Waals surface area contributed by atoms with Crippen molar-refractivity contribution in [2.45, 2.75) is 31.0 Å². The number of aliphatic hydroxyl groups excluding tert-OH is 1. The summed E-state index contributed by atoms with van der Waals surface area (Å²) in [5.41, 5.74) is 1.13. The predicted octanol–water partition coefficient (Wildman–Crippen LogP) is 2.82. The van der Waals surface area contributed by atoms with Gasteiger partial charge in [-0.25, -0.2) is 18.4 Å². The standard InChI is InChI=1S/C28H32N6O6S2/c1-17-12-34(18(2)15-35)28(37)19-8-7-10-21(30-26(36)27-31-20-9-5-6-11-23(20)41-27)25(19)40-22(17)13-33(4)42(38,39)24-14-32(3)16-29-24/h5-11,14,16-18,22,35H,12-13,15H2,1-4H3,(H,30,36)/t17-,18-,22-/m1/s1. The summed E-state index contributed by atoms with van der Waals surface area (Å²) in [5.74, 6) is -1.08. The van der Waals surface area contributed by atoms with E-state index in [1.54, 1.807) is 41.6 Å². The lowest BCUT2D eigenvalue weighted by Gasteiger charge is -2.38. The number of nitrogens with one attached hydrogen (secondary N) is 1. The van der Waals surface area contributed by atoms with Crippen molar-refractivity contribution in [3.05, 3.63) is 65.6 Å². The molecule has 0 aliphatic carbocycles. The molecule has 0 saturated carbocycles. The first-order valence-corrected chi connectivity index (χ1v) is 15.6. The van der Waals surface area contributed by atoms with Gasteiger partial charge in [-0.15, -0.1) is 11.3 Å².